The van der Waals surface area contributed by atoms with Gasteiger partial charge in [0.25, 0.3) is 0 Å². The number of nitrogens with one attached hydrogen (secondary N) is 2. The van der Waals surface area contributed by atoms with Crippen LogP contribution in [-0.2, 0) is 0 Å². The monoisotopic (exact) mass is 315 g/mol. The number of nitrogen functional groups attached to an aromatic ring is 1. The number of benzene rings is 1. The van der Waals surface area contributed by atoms with Gasteiger partial charge in [-0.05, 0) is 37.1 Å². The zero-order valence-electron chi connectivity index (χ0n) is 13.8. The Balaban J connectivity index is 2.01. The lowest BCUT2D eigenvalue weighted by Crippen LogP contribution is -2.08. The summed E-state index contributed by atoms with van der Waals surface area (Å²) in [5, 5.41) is 6.40. The van der Waals surface area contributed by atoms with Crippen LogP contribution >= 0.6 is 0 Å². The van der Waals surface area contributed by atoms with Crippen LogP contribution in [0.15, 0.2) is 30.6 Å². The molecule has 6 nitrogen and oxygen atoms in total. The van der Waals surface area contributed by atoms with E-state index < -0.39 is 0 Å². The second-order valence-electron chi connectivity index (χ2n) is 5.26. The molecule has 0 amide bonds. The van der Waals surface area contributed by atoms with Crippen molar-refractivity contribution in [2.24, 2.45) is 0 Å². The minimum absolute atomic E-state index is 0.518. The van der Waals surface area contributed by atoms with Gasteiger partial charge in [0, 0.05) is 12.2 Å². The van der Waals surface area contributed by atoms with Crippen molar-refractivity contribution in [3.05, 3.63) is 30.6 Å². The number of hydrogen-bond acceptors (Lipinski definition) is 6. The Morgan fingerprint density at radius 1 is 1.04 bits per heavy atom. The van der Waals surface area contributed by atoms with Crippen molar-refractivity contribution in [3.63, 3.8) is 0 Å². The Kier molecular flexibility index (Phi) is 6.47. The molecule has 6 heteroatoms. The molecule has 2 aromatic rings. The van der Waals surface area contributed by atoms with Gasteiger partial charge in [-0.2, -0.15) is 0 Å². The Labute approximate surface area is 137 Å². The van der Waals surface area contributed by atoms with Crippen LogP contribution in [0.25, 0.3) is 0 Å². The van der Waals surface area contributed by atoms with Crippen LogP contribution in [0.1, 0.15) is 33.1 Å². The van der Waals surface area contributed by atoms with Crippen LogP contribution in [-0.4, -0.2) is 23.1 Å². The van der Waals surface area contributed by atoms with Crippen LogP contribution in [0, 0.1) is 0 Å². The molecule has 4 N–H and O–H groups in total. The summed E-state index contributed by atoms with van der Waals surface area (Å²) in [4.78, 5) is 8.37. The SMILES string of the molecule is CCCCOc1ccc(Nc2ncnc(NCCC)c2N)cc1. The normalized spacial score (nSPS) is 10.3. The van der Waals surface area contributed by atoms with Crippen molar-refractivity contribution in [2.75, 3.05) is 29.5 Å². The third kappa shape index (κ3) is 5.02. The molecule has 0 aliphatic heterocycles. The maximum absolute atomic E-state index is 6.11. The average Bonchev–Trinajstić information content (AvgIpc) is 2.57. The predicted octanol–water partition coefficient (Wildman–Crippen LogP) is 3.80. The molecule has 23 heavy (non-hydrogen) atoms. The van der Waals surface area contributed by atoms with Crippen LogP contribution < -0.4 is 21.1 Å². The number of rotatable bonds is 9. The van der Waals surface area contributed by atoms with Crippen molar-refractivity contribution >= 4 is 23.0 Å². The van der Waals surface area contributed by atoms with Gasteiger partial charge in [-0.25, -0.2) is 9.97 Å². The third-order valence-corrected chi connectivity index (χ3v) is 3.31. The van der Waals surface area contributed by atoms with Gasteiger partial charge in [-0.15, -0.1) is 0 Å². The molecule has 1 aromatic carbocycles. The van der Waals surface area contributed by atoms with Crippen molar-refractivity contribution in [1.82, 2.24) is 9.97 Å². The maximum atomic E-state index is 6.11. The summed E-state index contributed by atoms with van der Waals surface area (Å²) in [6.45, 7) is 5.80. The highest BCUT2D eigenvalue weighted by molar-refractivity contribution is 5.77. The Hall–Kier alpha value is -2.50. The molecule has 0 atom stereocenters. The lowest BCUT2D eigenvalue weighted by atomic mass is 10.3. The molecule has 0 fully saturated rings. The average molecular weight is 315 g/mol. The van der Waals surface area contributed by atoms with E-state index >= 15 is 0 Å². The first-order chi connectivity index (χ1) is 11.2. The minimum atomic E-state index is 0.518. The summed E-state index contributed by atoms with van der Waals surface area (Å²) in [5.41, 5.74) is 7.53. The van der Waals surface area contributed by atoms with E-state index in [9.17, 15) is 0 Å². The van der Waals surface area contributed by atoms with Gasteiger partial charge in [0.15, 0.2) is 11.6 Å². The predicted molar refractivity (Wildman–Crippen MR) is 95.4 cm³/mol. The van der Waals surface area contributed by atoms with E-state index in [0.29, 0.717) is 17.3 Å². The summed E-state index contributed by atoms with van der Waals surface area (Å²) in [5.74, 6) is 2.12. The molecule has 0 radical (unpaired) electrons. The van der Waals surface area contributed by atoms with Gasteiger partial charge in [0.2, 0.25) is 0 Å². The van der Waals surface area contributed by atoms with Crippen molar-refractivity contribution < 1.29 is 4.74 Å². The Bertz CT molecular complexity index is 600. The summed E-state index contributed by atoms with van der Waals surface area (Å²) >= 11 is 0. The zero-order valence-corrected chi connectivity index (χ0v) is 13.8. The first-order valence-corrected chi connectivity index (χ1v) is 8.08. The lowest BCUT2D eigenvalue weighted by molar-refractivity contribution is 0.309. The highest BCUT2D eigenvalue weighted by Crippen LogP contribution is 2.26. The molecule has 1 heterocycles. The topological polar surface area (TPSA) is 85.1 Å². The summed E-state index contributed by atoms with van der Waals surface area (Å²) in [7, 11) is 0. The molecule has 0 saturated heterocycles. The largest absolute Gasteiger partial charge is 0.494 e. The molecule has 0 bridgehead atoms. The number of aromatic nitrogens is 2. The minimum Gasteiger partial charge on any atom is -0.494 e. The fourth-order valence-corrected chi connectivity index (χ4v) is 1.99. The molecular formula is C17H25N5O. The number of ether oxygens (including phenoxy) is 1. The number of hydrogen-bond donors (Lipinski definition) is 3. The maximum Gasteiger partial charge on any atom is 0.159 e. The fourth-order valence-electron chi connectivity index (χ4n) is 1.99. The van der Waals surface area contributed by atoms with Crippen molar-refractivity contribution in [3.8, 4) is 5.75 Å². The quantitative estimate of drug-likeness (QED) is 0.610. The number of anilines is 4. The lowest BCUT2D eigenvalue weighted by Gasteiger charge is -2.12. The van der Waals surface area contributed by atoms with E-state index in [0.717, 1.165) is 43.9 Å². The highest BCUT2D eigenvalue weighted by atomic mass is 16.5. The van der Waals surface area contributed by atoms with E-state index in [1.807, 2.05) is 24.3 Å². The standard InChI is InChI=1S/C17H25N5O/c1-3-5-11-23-14-8-6-13(7-9-14)22-17-15(18)16(19-10-4-2)20-12-21-17/h6-9,12H,3-5,10-11,18H2,1-2H3,(H2,19,20,21,22). The Morgan fingerprint density at radius 2 is 1.78 bits per heavy atom. The first kappa shape index (κ1) is 16.9. The van der Waals surface area contributed by atoms with Gasteiger partial charge in [-0.3, -0.25) is 0 Å². The zero-order chi connectivity index (χ0) is 16.5. The van der Waals surface area contributed by atoms with Crippen LogP contribution in [0.4, 0.5) is 23.0 Å². The van der Waals surface area contributed by atoms with E-state index in [-0.39, 0.29) is 0 Å². The fraction of sp³-hybridized carbons (Fsp3) is 0.412. The smallest absolute Gasteiger partial charge is 0.159 e. The van der Waals surface area contributed by atoms with Gasteiger partial charge in [-0.1, -0.05) is 20.3 Å². The second kappa shape index (κ2) is 8.82. The number of nitrogens with two attached hydrogens (primary N) is 1. The molecule has 0 unspecified atom stereocenters. The third-order valence-electron chi connectivity index (χ3n) is 3.31. The first-order valence-electron chi connectivity index (χ1n) is 8.08. The molecule has 0 spiro atoms. The summed E-state index contributed by atoms with van der Waals surface area (Å²) < 4.78 is 5.65. The summed E-state index contributed by atoms with van der Waals surface area (Å²) in [6, 6.07) is 7.77. The molecule has 0 aliphatic rings. The molecule has 1 aromatic heterocycles. The second-order valence-corrected chi connectivity index (χ2v) is 5.26. The molecule has 124 valence electrons. The molecule has 0 aliphatic carbocycles. The Morgan fingerprint density at radius 3 is 2.48 bits per heavy atom. The van der Waals surface area contributed by atoms with Crippen LogP contribution in [0.5, 0.6) is 5.75 Å². The van der Waals surface area contributed by atoms with Gasteiger partial charge >= 0.3 is 0 Å². The van der Waals surface area contributed by atoms with Gasteiger partial charge in [0.1, 0.15) is 17.8 Å². The van der Waals surface area contributed by atoms with Crippen LogP contribution in [0.3, 0.4) is 0 Å². The van der Waals surface area contributed by atoms with Gasteiger partial charge in [0.05, 0.1) is 6.61 Å². The number of nitrogens with zero attached hydrogens (tertiary/aromatic N) is 2. The van der Waals surface area contributed by atoms with E-state index in [1.165, 1.54) is 6.33 Å². The summed E-state index contributed by atoms with van der Waals surface area (Å²) in [6.07, 6.45) is 4.69. The van der Waals surface area contributed by atoms with E-state index in [2.05, 4.69) is 34.4 Å². The van der Waals surface area contributed by atoms with E-state index in [1.54, 1.807) is 0 Å². The number of unbranched alkanes of at least 4 members (excludes halogenated alkanes) is 1. The highest BCUT2D eigenvalue weighted by Gasteiger charge is 2.07. The van der Waals surface area contributed by atoms with Gasteiger partial charge < -0.3 is 21.1 Å². The molecular weight excluding hydrogens is 290 g/mol. The van der Waals surface area contributed by atoms with Crippen molar-refractivity contribution in [2.45, 2.75) is 33.1 Å². The molecule has 2 rings (SSSR count). The van der Waals surface area contributed by atoms with E-state index in [4.69, 9.17) is 10.5 Å². The van der Waals surface area contributed by atoms with Crippen molar-refractivity contribution in [1.29, 1.82) is 0 Å². The molecule has 0 saturated carbocycles. The van der Waals surface area contributed by atoms with Crippen LogP contribution in [0.2, 0.25) is 0 Å².